The van der Waals surface area contributed by atoms with Crippen LogP contribution < -0.4 is 0 Å². The quantitative estimate of drug-likeness (QED) is 0.802. The number of amides is 1. The highest BCUT2D eigenvalue weighted by Crippen LogP contribution is 2.26. The number of rotatable bonds is 3. The van der Waals surface area contributed by atoms with Crippen LogP contribution in [0.3, 0.4) is 0 Å². The van der Waals surface area contributed by atoms with E-state index in [1.165, 1.54) is 0 Å². The van der Waals surface area contributed by atoms with Gasteiger partial charge in [-0.3, -0.25) is 9.59 Å². The lowest BCUT2D eigenvalue weighted by molar-refractivity contribution is 0.0685. The van der Waals surface area contributed by atoms with E-state index in [1.54, 1.807) is 6.07 Å². The summed E-state index contributed by atoms with van der Waals surface area (Å²) in [7, 11) is 0. The number of Topliss-reactive ketones (excluding diaryl/α,β-unsaturated/α-hetero) is 1. The second-order valence-electron chi connectivity index (χ2n) is 5.86. The van der Waals surface area contributed by atoms with Gasteiger partial charge in [0.25, 0.3) is 5.91 Å². The van der Waals surface area contributed by atoms with E-state index in [4.69, 9.17) is 4.74 Å². The molecule has 1 fully saturated rings. The van der Waals surface area contributed by atoms with Gasteiger partial charge < -0.3 is 14.2 Å². The Labute approximate surface area is 124 Å². The number of ether oxygens (including phenoxy) is 1. The molecule has 0 N–H and O–H groups in total. The van der Waals surface area contributed by atoms with Crippen molar-refractivity contribution in [2.45, 2.75) is 52.3 Å². The molecule has 2 aliphatic rings. The zero-order valence-corrected chi connectivity index (χ0v) is 12.7. The minimum atomic E-state index is 0.0540. The van der Waals surface area contributed by atoms with Crippen LogP contribution in [0.1, 0.15) is 59.7 Å². The lowest BCUT2D eigenvalue weighted by atomic mass is 10.1. The monoisotopic (exact) mass is 290 g/mol. The van der Waals surface area contributed by atoms with E-state index >= 15 is 0 Å². The van der Waals surface area contributed by atoms with Crippen molar-refractivity contribution in [1.29, 1.82) is 0 Å². The molecule has 1 atom stereocenters. The van der Waals surface area contributed by atoms with Crippen molar-refractivity contribution >= 4 is 11.7 Å². The highest BCUT2D eigenvalue weighted by Gasteiger charge is 2.31. The minimum Gasteiger partial charge on any atom is -0.373 e. The van der Waals surface area contributed by atoms with Gasteiger partial charge in [0.1, 0.15) is 5.69 Å². The first-order chi connectivity index (χ1) is 10.1. The lowest BCUT2D eigenvalue weighted by Crippen LogP contribution is -2.35. The van der Waals surface area contributed by atoms with E-state index in [9.17, 15) is 9.59 Å². The Bertz CT molecular complexity index is 576. The molecule has 0 spiro atoms. The molecule has 1 saturated heterocycles. The number of nitrogens with zero attached hydrogens (tertiary/aromatic N) is 2. The predicted molar refractivity (Wildman–Crippen MR) is 78.4 cm³/mol. The summed E-state index contributed by atoms with van der Waals surface area (Å²) in [5.41, 5.74) is 2.18. The Morgan fingerprint density at radius 1 is 1.38 bits per heavy atom. The molecule has 1 aromatic rings. The van der Waals surface area contributed by atoms with Crippen LogP contribution in [0.2, 0.25) is 0 Å². The van der Waals surface area contributed by atoms with Crippen molar-refractivity contribution in [3.05, 3.63) is 23.0 Å². The molecule has 2 aliphatic heterocycles. The Hall–Kier alpha value is -1.62. The van der Waals surface area contributed by atoms with Crippen LogP contribution in [0.15, 0.2) is 6.07 Å². The number of carbonyl (C=O) groups is 2. The van der Waals surface area contributed by atoms with Gasteiger partial charge in [-0.05, 0) is 25.8 Å². The zero-order valence-electron chi connectivity index (χ0n) is 12.7. The van der Waals surface area contributed by atoms with Crippen LogP contribution in [0.25, 0.3) is 0 Å². The summed E-state index contributed by atoms with van der Waals surface area (Å²) < 4.78 is 7.46. The molecular weight excluding hydrogens is 268 g/mol. The highest BCUT2D eigenvalue weighted by atomic mass is 16.5. The average molecular weight is 290 g/mol. The van der Waals surface area contributed by atoms with Crippen molar-refractivity contribution in [2.24, 2.45) is 0 Å². The molecule has 0 saturated carbocycles. The molecule has 1 aromatic heterocycles. The Morgan fingerprint density at radius 2 is 2.19 bits per heavy atom. The fraction of sp³-hybridized carbons (Fsp3) is 0.625. The SMILES string of the molecule is CCC(=O)c1cc(C(=O)N2CCC[C@@H]2C)n2c1COCC2. The van der Waals surface area contributed by atoms with Gasteiger partial charge in [0, 0.05) is 31.1 Å². The number of carbonyl (C=O) groups excluding carboxylic acids is 2. The molecule has 0 radical (unpaired) electrons. The normalized spacial score (nSPS) is 21.4. The summed E-state index contributed by atoms with van der Waals surface area (Å²) in [6, 6.07) is 2.07. The Morgan fingerprint density at radius 3 is 2.86 bits per heavy atom. The number of ketones is 1. The Kier molecular flexibility index (Phi) is 3.85. The first-order valence-electron chi connectivity index (χ1n) is 7.77. The average Bonchev–Trinajstić information content (AvgIpc) is 3.09. The van der Waals surface area contributed by atoms with Crippen molar-refractivity contribution in [3.63, 3.8) is 0 Å². The summed E-state index contributed by atoms with van der Waals surface area (Å²) in [5.74, 6) is 0.135. The molecule has 21 heavy (non-hydrogen) atoms. The van der Waals surface area contributed by atoms with Gasteiger partial charge in [-0.15, -0.1) is 0 Å². The molecular formula is C16H22N2O3. The molecule has 0 aromatic carbocycles. The number of aromatic nitrogens is 1. The van der Waals surface area contributed by atoms with Crippen LogP contribution in [0.5, 0.6) is 0 Å². The van der Waals surface area contributed by atoms with Crippen molar-refractivity contribution < 1.29 is 14.3 Å². The number of hydrogen-bond donors (Lipinski definition) is 0. The van der Waals surface area contributed by atoms with Crippen molar-refractivity contribution in [2.75, 3.05) is 13.2 Å². The molecule has 3 heterocycles. The third-order valence-corrected chi connectivity index (χ3v) is 4.56. The smallest absolute Gasteiger partial charge is 0.270 e. The van der Waals surface area contributed by atoms with Gasteiger partial charge in [-0.2, -0.15) is 0 Å². The minimum absolute atomic E-state index is 0.0540. The van der Waals surface area contributed by atoms with E-state index in [2.05, 4.69) is 6.92 Å². The van der Waals surface area contributed by atoms with Gasteiger partial charge in [0.2, 0.25) is 0 Å². The van der Waals surface area contributed by atoms with E-state index in [0.717, 1.165) is 25.1 Å². The third-order valence-electron chi connectivity index (χ3n) is 4.56. The molecule has 114 valence electrons. The summed E-state index contributed by atoms with van der Waals surface area (Å²) in [5, 5.41) is 0. The second-order valence-corrected chi connectivity index (χ2v) is 5.86. The summed E-state index contributed by atoms with van der Waals surface area (Å²) in [6.45, 7) is 6.41. The van der Waals surface area contributed by atoms with Crippen molar-refractivity contribution in [1.82, 2.24) is 9.47 Å². The van der Waals surface area contributed by atoms with Crippen molar-refractivity contribution in [3.8, 4) is 0 Å². The summed E-state index contributed by atoms with van der Waals surface area (Å²) in [6.07, 6.45) is 2.57. The van der Waals surface area contributed by atoms with Crippen LogP contribution in [-0.2, 0) is 17.9 Å². The maximum Gasteiger partial charge on any atom is 0.270 e. The standard InChI is InChI=1S/C16H22N2O3/c1-3-15(19)12-9-13(18-7-8-21-10-14(12)18)16(20)17-6-4-5-11(17)2/h9,11H,3-8,10H2,1-2H3/t11-/m0/s1. The van der Waals surface area contributed by atoms with Gasteiger partial charge >= 0.3 is 0 Å². The maximum absolute atomic E-state index is 12.8. The van der Waals surface area contributed by atoms with Crippen LogP contribution in [-0.4, -0.2) is 40.4 Å². The van der Waals surface area contributed by atoms with E-state index in [-0.39, 0.29) is 17.7 Å². The predicted octanol–water partition coefficient (Wildman–Crippen LogP) is 2.24. The first kappa shape index (κ1) is 14.3. The van der Waals surface area contributed by atoms with Crippen LogP contribution in [0.4, 0.5) is 0 Å². The molecule has 0 bridgehead atoms. The third kappa shape index (κ3) is 2.39. The van der Waals surface area contributed by atoms with E-state index < -0.39 is 0 Å². The number of likely N-dealkylation sites (tertiary alicyclic amines) is 1. The summed E-state index contributed by atoms with van der Waals surface area (Å²) >= 11 is 0. The van der Waals surface area contributed by atoms with Crippen LogP contribution >= 0.6 is 0 Å². The van der Waals surface area contributed by atoms with E-state index in [1.807, 2.05) is 16.4 Å². The fourth-order valence-corrected chi connectivity index (χ4v) is 3.32. The second kappa shape index (κ2) is 5.64. The van der Waals surface area contributed by atoms with Gasteiger partial charge in [-0.25, -0.2) is 0 Å². The fourth-order valence-electron chi connectivity index (χ4n) is 3.32. The maximum atomic E-state index is 12.8. The lowest BCUT2D eigenvalue weighted by Gasteiger charge is -2.24. The van der Waals surface area contributed by atoms with Crippen LogP contribution in [0, 0.1) is 0 Å². The highest BCUT2D eigenvalue weighted by molar-refractivity contribution is 6.01. The number of hydrogen-bond acceptors (Lipinski definition) is 3. The largest absolute Gasteiger partial charge is 0.373 e. The molecule has 3 rings (SSSR count). The zero-order chi connectivity index (χ0) is 15.0. The molecule has 5 heteroatoms. The molecule has 5 nitrogen and oxygen atoms in total. The van der Waals surface area contributed by atoms with Gasteiger partial charge in [-0.1, -0.05) is 6.92 Å². The first-order valence-corrected chi connectivity index (χ1v) is 7.77. The topological polar surface area (TPSA) is 51.5 Å². The van der Waals surface area contributed by atoms with E-state index in [0.29, 0.717) is 37.4 Å². The number of fused-ring (bicyclic) bond motifs is 1. The molecule has 1 amide bonds. The summed E-state index contributed by atoms with van der Waals surface area (Å²) in [4.78, 5) is 26.8. The van der Waals surface area contributed by atoms with Gasteiger partial charge in [0.05, 0.1) is 18.9 Å². The molecule has 0 aliphatic carbocycles. The molecule has 0 unspecified atom stereocenters. The Balaban J connectivity index is 2.00. The van der Waals surface area contributed by atoms with Gasteiger partial charge in [0.15, 0.2) is 5.78 Å².